The molecule has 3 rings (SSSR count). The van der Waals surface area contributed by atoms with Gasteiger partial charge < -0.3 is 10.6 Å². The normalized spacial score (nSPS) is 10.3. The molecule has 0 aliphatic carbocycles. The molecule has 6 heteroatoms. The molecule has 5 nitrogen and oxygen atoms in total. The van der Waals surface area contributed by atoms with Crippen LogP contribution in [0.25, 0.3) is 0 Å². The average molecular weight is 365 g/mol. The molecule has 0 radical (unpaired) electrons. The molecule has 0 atom stereocenters. The number of hydrogen-bond acceptors (Lipinski definition) is 4. The number of carbonyl (C=O) groups is 2. The van der Waals surface area contributed by atoms with Crippen molar-refractivity contribution in [3.63, 3.8) is 0 Å². The van der Waals surface area contributed by atoms with Crippen LogP contribution in [-0.2, 0) is 17.8 Å². The van der Waals surface area contributed by atoms with Gasteiger partial charge >= 0.3 is 0 Å². The van der Waals surface area contributed by atoms with Crippen LogP contribution in [0, 0.1) is 6.92 Å². The van der Waals surface area contributed by atoms with Gasteiger partial charge in [0.15, 0.2) is 5.13 Å². The molecule has 26 heavy (non-hydrogen) atoms. The number of thiazole rings is 1. The number of aryl methyl sites for hydroxylation is 1. The molecule has 2 N–H and O–H groups in total. The number of benzene rings is 2. The molecule has 0 bridgehead atoms. The fraction of sp³-hybridized carbons (Fsp3) is 0.150. The number of amides is 2. The lowest BCUT2D eigenvalue weighted by Gasteiger charge is -2.03. The van der Waals surface area contributed by atoms with Crippen molar-refractivity contribution in [2.45, 2.75) is 19.9 Å². The highest BCUT2D eigenvalue weighted by Gasteiger charge is 2.12. The van der Waals surface area contributed by atoms with Crippen LogP contribution < -0.4 is 10.6 Å². The Morgan fingerprint density at radius 1 is 1.00 bits per heavy atom. The van der Waals surface area contributed by atoms with Crippen molar-refractivity contribution >= 4 is 28.3 Å². The number of hydrogen-bond donors (Lipinski definition) is 2. The van der Waals surface area contributed by atoms with Crippen LogP contribution in [0.5, 0.6) is 0 Å². The summed E-state index contributed by atoms with van der Waals surface area (Å²) in [6, 6.07) is 17.5. The van der Waals surface area contributed by atoms with Crippen LogP contribution in [0.15, 0.2) is 60.8 Å². The van der Waals surface area contributed by atoms with Crippen LogP contribution in [0.3, 0.4) is 0 Å². The van der Waals surface area contributed by atoms with E-state index in [4.69, 9.17) is 0 Å². The van der Waals surface area contributed by atoms with Gasteiger partial charge in [0.2, 0.25) is 5.91 Å². The van der Waals surface area contributed by atoms with Gasteiger partial charge in [-0.25, -0.2) is 4.98 Å². The van der Waals surface area contributed by atoms with Crippen LogP contribution >= 0.6 is 11.3 Å². The van der Waals surface area contributed by atoms with E-state index >= 15 is 0 Å². The zero-order valence-corrected chi connectivity index (χ0v) is 15.2. The SMILES string of the molecule is Cc1ccc(CC(=O)Nc2ncc(C(=O)NCc3ccccc3)s2)cc1. The molecular formula is C20H19N3O2S. The van der Waals surface area contributed by atoms with E-state index in [0.717, 1.165) is 28.0 Å². The molecule has 0 saturated heterocycles. The third kappa shape index (κ3) is 5.00. The fourth-order valence-corrected chi connectivity index (χ4v) is 3.11. The van der Waals surface area contributed by atoms with Crippen molar-refractivity contribution in [1.29, 1.82) is 0 Å². The van der Waals surface area contributed by atoms with E-state index in [1.807, 2.05) is 61.5 Å². The van der Waals surface area contributed by atoms with Crippen molar-refractivity contribution in [3.8, 4) is 0 Å². The lowest BCUT2D eigenvalue weighted by Crippen LogP contribution is -2.21. The fourth-order valence-electron chi connectivity index (χ4n) is 2.36. The van der Waals surface area contributed by atoms with Crippen molar-refractivity contribution in [2.24, 2.45) is 0 Å². The Hall–Kier alpha value is -2.99. The minimum Gasteiger partial charge on any atom is -0.347 e. The third-order valence-electron chi connectivity index (χ3n) is 3.76. The first-order valence-corrected chi connectivity index (χ1v) is 9.05. The molecule has 0 aliphatic rings. The van der Waals surface area contributed by atoms with E-state index < -0.39 is 0 Å². The van der Waals surface area contributed by atoms with Gasteiger partial charge in [0.25, 0.3) is 5.91 Å². The number of nitrogens with one attached hydrogen (secondary N) is 2. The van der Waals surface area contributed by atoms with Crippen molar-refractivity contribution in [2.75, 3.05) is 5.32 Å². The molecule has 0 fully saturated rings. The summed E-state index contributed by atoms with van der Waals surface area (Å²) >= 11 is 1.16. The highest BCUT2D eigenvalue weighted by Crippen LogP contribution is 2.18. The third-order valence-corrected chi connectivity index (χ3v) is 4.67. The lowest BCUT2D eigenvalue weighted by atomic mass is 10.1. The summed E-state index contributed by atoms with van der Waals surface area (Å²) in [4.78, 5) is 28.9. The van der Waals surface area contributed by atoms with Crippen molar-refractivity contribution in [1.82, 2.24) is 10.3 Å². The standard InChI is InChI=1S/C20H19N3O2S/c1-14-7-9-15(10-8-14)11-18(24)23-20-22-13-17(26-20)19(25)21-12-16-5-3-2-4-6-16/h2-10,13H,11-12H2,1H3,(H,21,25)(H,22,23,24). The predicted molar refractivity (Wildman–Crippen MR) is 103 cm³/mol. The van der Waals surface area contributed by atoms with E-state index in [2.05, 4.69) is 15.6 Å². The van der Waals surface area contributed by atoms with E-state index in [1.165, 1.54) is 6.20 Å². The first-order valence-electron chi connectivity index (χ1n) is 8.23. The Morgan fingerprint density at radius 3 is 2.46 bits per heavy atom. The summed E-state index contributed by atoms with van der Waals surface area (Å²) in [5.41, 5.74) is 3.11. The smallest absolute Gasteiger partial charge is 0.263 e. The van der Waals surface area contributed by atoms with Crippen LogP contribution in [0.1, 0.15) is 26.4 Å². The molecular weight excluding hydrogens is 346 g/mol. The van der Waals surface area contributed by atoms with Gasteiger partial charge in [-0.2, -0.15) is 0 Å². The zero-order chi connectivity index (χ0) is 18.4. The van der Waals surface area contributed by atoms with Crippen molar-refractivity contribution < 1.29 is 9.59 Å². The number of nitrogens with zero attached hydrogens (tertiary/aromatic N) is 1. The molecule has 0 aliphatic heterocycles. The summed E-state index contributed by atoms with van der Waals surface area (Å²) in [6.07, 6.45) is 1.75. The average Bonchev–Trinajstić information content (AvgIpc) is 3.11. The maximum absolute atomic E-state index is 12.2. The minimum atomic E-state index is -0.203. The topological polar surface area (TPSA) is 71.1 Å². The molecule has 132 valence electrons. The summed E-state index contributed by atoms with van der Waals surface area (Å²) in [6.45, 7) is 2.45. The van der Waals surface area contributed by atoms with Crippen molar-refractivity contribution in [3.05, 3.63) is 82.4 Å². The summed E-state index contributed by atoms with van der Waals surface area (Å²) < 4.78 is 0. The molecule has 1 heterocycles. The maximum atomic E-state index is 12.2. The Bertz CT molecular complexity index is 889. The van der Waals surface area contributed by atoms with Gasteiger partial charge in [-0.05, 0) is 18.1 Å². The Morgan fingerprint density at radius 2 is 1.73 bits per heavy atom. The predicted octanol–water partition coefficient (Wildman–Crippen LogP) is 3.56. The highest BCUT2D eigenvalue weighted by atomic mass is 32.1. The Kier molecular flexibility index (Phi) is 5.76. The van der Waals surface area contributed by atoms with Crippen LogP contribution in [0.4, 0.5) is 5.13 Å². The highest BCUT2D eigenvalue weighted by molar-refractivity contribution is 7.17. The van der Waals surface area contributed by atoms with Gasteiger partial charge in [-0.1, -0.05) is 71.5 Å². The summed E-state index contributed by atoms with van der Waals surface area (Å²) in [5, 5.41) is 6.01. The van der Waals surface area contributed by atoms with Crippen LogP contribution in [0.2, 0.25) is 0 Å². The minimum absolute atomic E-state index is 0.153. The molecule has 2 amide bonds. The molecule has 3 aromatic rings. The van der Waals surface area contributed by atoms with E-state index in [-0.39, 0.29) is 18.2 Å². The monoisotopic (exact) mass is 365 g/mol. The molecule has 0 spiro atoms. The van der Waals surface area contributed by atoms with E-state index in [9.17, 15) is 9.59 Å². The lowest BCUT2D eigenvalue weighted by molar-refractivity contribution is -0.115. The molecule has 0 saturated carbocycles. The summed E-state index contributed by atoms with van der Waals surface area (Å²) in [7, 11) is 0. The van der Waals surface area contributed by atoms with E-state index in [0.29, 0.717) is 16.6 Å². The first-order chi connectivity index (χ1) is 12.6. The van der Waals surface area contributed by atoms with Gasteiger partial charge in [-0.3, -0.25) is 9.59 Å². The number of carbonyl (C=O) groups excluding carboxylic acids is 2. The Labute approximate surface area is 156 Å². The van der Waals surface area contributed by atoms with Gasteiger partial charge in [0, 0.05) is 6.54 Å². The van der Waals surface area contributed by atoms with Gasteiger partial charge in [-0.15, -0.1) is 0 Å². The largest absolute Gasteiger partial charge is 0.347 e. The summed E-state index contributed by atoms with van der Waals surface area (Å²) in [5.74, 6) is -0.357. The maximum Gasteiger partial charge on any atom is 0.263 e. The second kappa shape index (κ2) is 8.40. The first kappa shape index (κ1) is 17.8. The van der Waals surface area contributed by atoms with Gasteiger partial charge in [0.1, 0.15) is 4.88 Å². The Balaban J connectivity index is 1.52. The van der Waals surface area contributed by atoms with E-state index in [1.54, 1.807) is 0 Å². The molecule has 1 aromatic heterocycles. The molecule has 2 aromatic carbocycles. The number of rotatable bonds is 6. The number of anilines is 1. The second-order valence-electron chi connectivity index (χ2n) is 5.91. The second-order valence-corrected chi connectivity index (χ2v) is 6.94. The number of aromatic nitrogens is 1. The van der Waals surface area contributed by atoms with Gasteiger partial charge in [0.05, 0.1) is 12.6 Å². The zero-order valence-electron chi connectivity index (χ0n) is 14.4. The van der Waals surface area contributed by atoms with Crippen LogP contribution in [-0.4, -0.2) is 16.8 Å². The molecule has 0 unspecified atom stereocenters. The quantitative estimate of drug-likeness (QED) is 0.702.